The second kappa shape index (κ2) is 23.6. The second-order valence-corrected chi connectivity index (χ2v) is 20.5. The van der Waals surface area contributed by atoms with Gasteiger partial charge in [0.05, 0.1) is 40.6 Å². The average molecular weight is 1040 g/mol. The van der Waals surface area contributed by atoms with Crippen molar-refractivity contribution in [3.05, 3.63) is 33.8 Å². The van der Waals surface area contributed by atoms with Crippen LogP contribution in [0, 0.1) is 0 Å². The highest BCUT2D eigenvalue weighted by Crippen LogP contribution is 2.28. The van der Waals surface area contributed by atoms with Crippen molar-refractivity contribution in [2.75, 3.05) is 32.2 Å². The van der Waals surface area contributed by atoms with Gasteiger partial charge in [0, 0.05) is 32.4 Å². The second-order valence-electron chi connectivity index (χ2n) is 16.1. The van der Waals surface area contributed by atoms with Crippen LogP contribution >= 0.6 is 23.2 Å². The Kier molecular flexibility index (Phi) is 19.1. The van der Waals surface area contributed by atoms with E-state index < -0.39 is 117 Å². The van der Waals surface area contributed by atoms with E-state index in [-0.39, 0.29) is 85.3 Å². The molecule has 6 amide bonds. The molecule has 0 unspecified atom stereocenters. The molecule has 29 heteroatoms. The summed E-state index contributed by atoms with van der Waals surface area (Å²) in [5.41, 5.74) is -0.207. The van der Waals surface area contributed by atoms with Gasteiger partial charge in [0.2, 0.25) is 43.7 Å². The van der Waals surface area contributed by atoms with Gasteiger partial charge in [-0.15, -0.1) is 0 Å². The lowest BCUT2D eigenvalue weighted by Crippen LogP contribution is -2.64. The number of hydrazine groups is 2. The molecular formula is C39H50Cl2N8O17S2. The summed E-state index contributed by atoms with van der Waals surface area (Å²) in [5.74, 6) is -7.85. The quantitative estimate of drug-likeness (QED) is 0.0851. The summed E-state index contributed by atoms with van der Waals surface area (Å²) in [4.78, 5) is 136. The fraction of sp³-hybridized carbons (Fsp3) is 0.564. The summed E-state index contributed by atoms with van der Waals surface area (Å²) in [6, 6.07) is -3.39. The maximum absolute atomic E-state index is 13.3. The van der Waals surface area contributed by atoms with Gasteiger partial charge >= 0.3 is 11.9 Å². The van der Waals surface area contributed by atoms with Gasteiger partial charge in [-0.25, -0.2) is 41.1 Å². The highest BCUT2D eigenvalue weighted by Gasteiger charge is 2.47. The third-order valence-corrected chi connectivity index (χ3v) is 12.7. The summed E-state index contributed by atoms with van der Waals surface area (Å²) in [7, 11) is -7.56. The number of carboxylic acid groups (broad SMARTS) is 1. The number of rotatable bonds is 17. The predicted octanol–water partition coefficient (Wildman–Crippen LogP) is -1.78. The van der Waals surface area contributed by atoms with Crippen LogP contribution in [0.15, 0.2) is 18.2 Å². The summed E-state index contributed by atoms with van der Waals surface area (Å²) in [5, 5.41) is 18.0. The Morgan fingerprint density at radius 2 is 1.22 bits per heavy atom. The van der Waals surface area contributed by atoms with Crippen molar-refractivity contribution in [1.29, 1.82) is 0 Å². The number of fused-ring (bicyclic) bond motifs is 2. The number of carbonyl (C=O) groups is 11. The standard InChI is InChI=1S/C23H26Cl2N4O10S.C16H24N4O7S/c1-40(37,38)27-14-7-8-18(31)28-9-3-6-16(29(28)22(14)35)21(34)26-15(10-19(32)33)17(30)11-39-23(36)20-12(24)4-2-5-13(20)25;1-10(22)8-11(9-21)17-15(24)13-4-3-7-19-14(23)6-5-12(16(25)20(13)19)18-28(2,26)27/h2,4-5,14-16,27H,3,6-11H2,1H3,(H,26,34)(H,32,33);9,11-13,18H,3-8H2,1-2H3,(H,17,24)/t14-,15-,16-;11-,12-,13-/m00/s1. The predicted molar refractivity (Wildman–Crippen MR) is 234 cm³/mol. The molecule has 0 spiro atoms. The van der Waals surface area contributed by atoms with Crippen molar-refractivity contribution >= 4 is 108 Å². The number of nitrogens with one attached hydrogen (secondary N) is 4. The van der Waals surface area contributed by atoms with E-state index in [0.717, 1.165) is 27.5 Å². The number of benzene rings is 1. The molecule has 0 aromatic heterocycles. The number of hydrogen-bond acceptors (Lipinski definition) is 16. The van der Waals surface area contributed by atoms with E-state index in [9.17, 15) is 74.7 Å². The topological polar surface area (TPSA) is 347 Å². The number of aliphatic carboxylic acids is 1. The van der Waals surface area contributed by atoms with E-state index in [0.29, 0.717) is 19.1 Å². The fourth-order valence-electron chi connectivity index (χ4n) is 7.69. The minimum absolute atomic E-state index is 0.0205. The highest BCUT2D eigenvalue weighted by molar-refractivity contribution is 7.89. The Morgan fingerprint density at radius 3 is 1.63 bits per heavy atom. The first-order chi connectivity index (χ1) is 31.7. The minimum Gasteiger partial charge on any atom is -0.481 e. The number of aldehydes is 1. The molecule has 0 aliphatic carbocycles. The molecule has 0 bridgehead atoms. The zero-order chi connectivity index (χ0) is 50.8. The van der Waals surface area contributed by atoms with Crippen molar-refractivity contribution in [3.63, 3.8) is 0 Å². The summed E-state index contributed by atoms with van der Waals surface area (Å²) < 4.78 is 56.0. The van der Waals surface area contributed by atoms with Crippen LogP contribution in [0.2, 0.25) is 10.0 Å². The molecule has 5 N–H and O–H groups in total. The third-order valence-electron chi connectivity index (χ3n) is 10.6. The monoisotopic (exact) mass is 1040 g/mol. The maximum atomic E-state index is 13.3. The molecule has 4 aliphatic rings. The molecule has 68 heavy (non-hydrogen) atoms. The van der Waals surface area contributed by atoms with Gasteiger partial charge in [0.15, 0.2) is 12.4 Å². The van der Waals surface area contributed by atoms with Crippen molar-refractivity contribution in [3.8, 4) is 0 Å². The molecule has 6 atom stereocenters. The van der Waals surface area contributed by atoms with Crippen LogP contribution in [0.3, 0.4) is 0 Å². The molecule has 4 aliphatic heterocycles. The van der Waals surface area contributed by atoms with Gasteiger partial charge in [-0.3, -0.25) is 53.2 Å². The SMILES string of the molecule is CC(=O)C[C@@H](C=O)NC(=O)[C@@H]1CCCN2C(=O)CC[C@H](NS(C)(=O)=O)C(=O)N12.CS(=O)(=O)N[C@H]1CCC(=O)N2CCC[C@@H](C(=O)N[C@@H](CC(=O)O)C(=O)COC(=O)c3c(Cl)cccc3Cl)N2C1=O. The van der Waals surface area contributed by atoms with Crippen LogP contribution in [0.25, 0.3) is 0 Å². The third kappa shape index (κ3) is 14.9. The average Bonchev–Trinajstić information content (AvgIpc) is 3.44. The molecule has 4 fully saturated rings. The first kappa shape index (κ1) is 55.0. The van der Waals surface area contributed by atoms with E-state index in [1.807, 2.05) is 0 Å². The zero-order valence-electron chi connectivity index (χ0n) is 36.8. The van der Waals surface area contributed by atoms with Crippen LogP contribution in [-0.4, -0.2) is 176 Å². The van der Waals surface area contributed by atoms with E-state index >= 15 is 0 Å². The minimum atomic E-state index is -3.84. The van der Waals surface area contributed by atoms with Crippen molar-refractivity contribution in [1.82, 2.24) is 40.1 Å². The van der Waals surface area contributed by atoms with Crippen LogP contribution < -0.4 is 20.1 Å². The molecule has 1 aromatic rings. The molecular weight excluding hydrogens is 988 g/mol. The van der Waals surface area contributed by atoms with Crippen LogP contribution in [0.5, 0.6) is 0 Å². The van der Waals surface area contributed by atoms with Crippen LogP contribution in [0.4, 0.5) is 0 Å². The summed E-state index contributed by atoms with van der Waals surface area (Å²) in [6.07, 6.45) is 1.79. The normalized spacial score (nSPS) is 21.9. The number of sulfonamides is 2. The van der Waals surface area contributed by atoms with Crippen LogP contribution in [0.1, 0.15) is 81.5 Å². The van der Waals surface area contributed by atoms with E-state index in [2.05, 4.69) is 20.1 Å². The number of carbonyl (C=O) groups excluding carboxylic acids is 10. The van der Waals surface area contributed by atoms with E-state index in [1.165, 1.54) is 30.1 Å². The molecule has 1 aromatic carbocycles. The smallest absolute Gasteiger partial charge is 0.341 e. The Hall–Kier alpha value is -5.61. The van der Waals surface area contributed by atoms with Crippen LogP contribution in [-0.2, 0) is 72.7 Å². The Bertz CT molecular complexity index is 2420. The first-order valence-electron chi connectivity index (χ1n) is 20.8. The number of amides is 6. The van der Waals surface area contributed by atoms with Crippen molar-refractivity contribution < 1.29 is 79.4 Å². The first-order valence-corrected chi connectivity index (χ1v) is 25.4. The lowest BCUT2D eigenvalue weighted by molar-refractivity contribution is -0.176. The molecule has 25 nitrogen and oxygen atoms in total. The number of ketones is 2. The number of esters is 1. The zero-order valence-corrected chi connectivity index (χ0v) is 40.0. The lowest BCUT2D eigenvalue weighted by atomic mass is 10.0. The van der Waals surface area contributed by atoms with Gasteiger partial charge in [0.1, 0.15) is 42.3 Å². The van der Waals surface area contributed by atoms with Crippen molar-refractivity contribution in [2.45, 2.75) is 107 Å². The van der Waals surface area contributed by atoms with Gasteiger partial charge in [-0.1, -0.05) is 29.3 Å². The molecule has 5 rings (SSSR count). The van der Waals surface area contributed by atoms with E-state index in [4.69, 9.17) is 27.9 Å². The maximum Gasteiger partial charge on any atom is 0.341 e. The van der Waals surface area contributed by atoms with Gasteiger partial charge < -0.3 is 25.3 Å². The van der Waals surface area contributed by atoms with Gasteiger partial charge in [-0.2, -0.15) is 0 Å². The largest absolute Gasteiger partial charge is 0.481 e. The molecule has 374 valence electrons. The Labute approximate surface area is 399 Å². The van der Waals surface area contributed by atoms with Gasteiger partial charge in [0.25, 0.3) is 11.8 Å². The lowest BCUT2D eigenvalue weighted by Gasteiger charge is -2.43. The number of ether oxygens (including phenoxy) is 1. The van der Waals surface area contributed by atoms with E-state index in [1.54, 1.807) is 0 Å². The number of carboxylic acids is 1. The van der Waals surface area contributed by atoms with Crippen molar-refractivity contribution in [2.24, 2.45) is 0 Å². The Balaban J connectivity index is 0.000000316. The number of Topliss-reactive ketones (excluding diaryl/α,β-unsaturated/α-hetero) is 2. The number of halogens is 2. The molecule has 4 heterocycles. The Morgan fingerprint density at radius 1 is 0.765 bits per heavy atom. The molecule has 0 radical (unpaired) electrons. The fourth-order valence-corrected chi connectivity index (χ4v) is 9.71. The highest BCUT2D eigenvalue weighted by atomic mass is 35.5. The number of nitrogens with zero attached hydrogens (tertiary/aromatic N) is 4. The summed E-state index contributed by atoms with van der Waals surface area (Å²) in [6.45, 7) is 0.669. The van der Waals surface area contributed by atoms with Gasteiger partial charge in [-0.05, 0) is 57.6 Å². The summed E-state index contributed by atoms with van der Waals surface area (Å²) >= 11 is 11.9. The molecule has 0 saturated carbocycles. The molecule has 4 saturated heterocycles. The number of hydrogen-bond donors (Lipinski definition) is 5.